The molecule has 31 heavy (non-hydrogen) atoms. The summed E-state index contributed by atoms with van der Waals surface area (Å²) in [5.41, 5.74) is 1.52. The molecule has 2 saturated carbocycles. The number of hydrogen-bond acceptors (Lipinski definition) is 8. The number of nitrogens with one attached hydrogen (secondary N) is 1. The summed E-state index contributed by atoms with van der Waals surface area (Å²) in [4.78, 5) is 32.9. The molecule has 5 rings (SSSR count). The summed E-state index contributed by atoms with van der Waals surface area (Å²) < 4.78 is 26.0. The molecule has 1 N–H and O–H groups in total. The summed E-state index contributed by atoms with van der Waals surface area (Å²) >= 11 is 0.00175. The molecule has 3 heterocycles. The number of anilines is 1. The fourth-order valence-electron chi connectivity index (χ4n) is 2.87. The zero-order chi connectivity index (χ0) is 21.8. The first-order chi connectivity index (χ1) is 15.2. The first-order valence-electron chi connectivity index (χ1n) is 9.71. The number of rotatable bonds is 8. The van der Waals surface area contributed by atoms with E-state index in [2.05, 4.69) is 20.3 Å². The Morgan fingerprint density at radius 1 is 1.19 bits per heavy atom. The molecule has 2 aliphatic rings. The fourth-order valence-corrected chi connectivity index (χ4v) is 3.22. The maximum Gasteiger partial charge on any atom is 0.228 e. The summed E-state index contributed by atoms with van der Waals surface area (Å²) in [6.45, 7) is 0. The van der Waals surface area contributed by atoms with E-state index in [0.29, 0.717) is 52.1 Å². The summed E-state index contributed by atoms with van der Waals surface area (Å²) in [6.07, 6.45) is 8.83. The highest BCUT2D eigenvalue weighted by Gasteiger charge is 2.28. The van der Waals surface area contributed by atoms with Crippen molar-refractivity contribution in [2.24, 2.45) is 5.92 Å². The predicted octanol–water partition coefficient (Wildman–Crippen LogP) is 3.59. The Bertz CT molecular complexity index is 1100. The van der Waals surface area contributed by atoms with Crippen LogP contribution in [0.15, 0.2) is 24.7 Å². The zero-order valence-electron chi connectivity index (χ0n) is 16.7. The molecule has 0 aromatic carbocycles. The number of hydrogen-bond donors (Lipinski definition) is 1. The van der Waals surface area contributed by atoms with Crippen LogP contribution in [-0.2, 0) is 9.59 Å². The van der Waals surface area contributed by atoms with Crippen LogP contribution < -0.4 is 14.8 Å². The lowest BCUT2D eigenvalue weighted by Crippen LogP contribution is -2.03. The fraction of sp³-hybridized carbons (Fsp3) is 0.350. The number of methoxy groups -OCH3 is 1. The van der Waals surface area contributed by atoms with Crippen LogP contribution in [0.4, 0.5) is 9.70 Å². The standard InChI is InChI=1S/C16H14FN5O3S.C4H6O/c1-24-15-13(16(19-7-18-15)25-9-2-3-9)11-6-22(26-17)14-10(11)4-5-12(21-14)20-8-23;5-3-4-1-2-4/h4-9H,2-3H2,1H3,(H,20,21,23);3-4H,1-2H2. The van der Waals surface area contributed by atoms with Crippen molar-refractivity contribution < 1.29 is 22.9 Å². The van der Waals surface area contributed by atoms with Crippen molar-refractivity contribution in [2.45, 2.75) is 31.8 Å². The van der Waals surface area contributed by atoms with Crippen LogP contribution in [-0.4, -0.2) is 44.8 Å². The highest BCUT2D eigenvalue weighted by molar-refractivity contribution is 7.92. The van der Waals surface area contributed by atoms with Gasteiger partial charge in [-0.2, -0.15) is 0 Å². The van der Waals surface area contributed by atoms with Gasteiger partial charge in [0, 0.05) is 23.1 Å². The van der Waals surface area contributed by atoms with E-state index >= 15 is 0 Å². The third kappa shape index (κ3) is 4.76. The molecule has 3 aromatic rings. The van der Waals surface area contributed by atoms with E-state index in [4.69, 9.17) is 9.47 Å². The molecular formula is C20H20FN5O4S. The minimum absolute atomic E-state index is 0.00175. The Morgan fingerprint density at radius 3 is 2.55 bits per heavy atom. The van der Waals surface area contributed by atoms with Gasteiger partial charge in [0.2, 0.25) is 18.2 Å². The monoisotopic (exact) mass is 445 g/mol. The number of aromatic nitrogens is 4. The lowest BCUT2D eigenvalue weighted by atomic mass is 10.1. The van der Waals surface area contributed by atoms with Crippen LogP contribution in [0.3, 0.4) is 0 Å². The van der Waals surface area contributed by atoms with Gasteiger partial charge in [0.25, 0.3) is 0 Å². The zero-order valence-corrected chi connectivity index (χ0v) is 17.5. The molecule has 1 amide bonds. The molecule has 0 bridgehead atoms. The molecule has 2 aliphatic carbocycles. The lowest BCUT2D eigenvalue weighted by molar-refractivity contribution is -0.108. The molecule has 0 saturated heterocycles. The van der Waals surface area contributed by atoms with E-state index in [-0.39, 0.29) is 18.4 Å². The molecule has 3 aromatic heterocycles. The van der Waals surface area contributed by atoms with Gasteiger partial charge in [-0.05, 0) is 37.8 Å². The quantitative estimate of drug-likeness (QED) is 0.524. The van der Waals surface area contributed by atoms with Crippen molar-refractivity contribution in [3.63, 3.8) is 0 Å². The second kappa shape index (κ2) is 9.29. The van der Waals surface area contributed by atoms with Gasteiger partial charge in [0.1, 0.15) is 30.1 Å². The topological polar surface area (TPSA) is 108 Å². The number of nitrogens with zero attached hydrogens (tertiary/aromatic N) is 4. The van der Waals surface area contributed by atoms with Crippen molar-refractivity contribution in [1.82, 2.24) is 18.9 Å². The summed E-state index contributed by atoms with van der Waals surface area (Å²) in [7, 11) is 1.50. The van der Waals surface area contributed by atoms with E-state index in [1.54, 1.807) is 18.3 Å². The first kappa shape index (κ1) is 21.0. The lowest BCUT2D eigenvalue weighted by Gasteiger charge is -2.11. The first-order valence-corrected chi connectivity index (χ1v) is 10.4. The van der Waals surface area contributed by atoms with E-state index in [1.807, 2.05) is 0 Å². The minimum Gasteiger partial charge on any atom is -0.480 e. The summed E-state index contributed by atoms with van der Waals surface area (Å²) in [5, 5.41) is 3.11. The van der Waals surface area contributed by atoms with Crippen LogP contribution in [0.1, 0.15) is 25.7 Å². The molecule has 0 radical (unpaired) electrons. The van der Waals surface area contributed by atoms with Gasteiger partial charge < -0.3 is 19.6 Å². The summed E-state index contributed by atoms with van der Waals surface area (Å²) in [6, 6.07) is 3.37. The maximum atomic E-state index is 13.5. The number of halogens is 1. The maximum absolute atomic E-state index is 13.5. The van der Waals surface area contributed by atoms with Gasteiger partial charge in [0.15, 0.2) is 18.0 Å². The third-order valence-electron chi connectivity index (χ3n) is 4.76. The Balaban J connectivity index is 0.000000407. The molecule has 2 fully saturated rings. The Morgan fingerprint density at radius 2 is 1.97 bits per heavy atom. The second-order valence-electron chi connectivity index (χ2n) is 7.12. The van der Waals surface area contributed by atoms with Crippen LogP contribution in [0.2, 0.25) is 0 Å². The van der Waals surface area contributed by atoms with Gasteiger partial charge in [-0.25, -0.2) is 18.9 Å². The number of carbonyl (C=O) groups excluding carboxylic acids is 2. The number of carbonyl (C=O) groups is 2. The normalized spacial score (nSPS) is 15.0. The van der Waals surface area contributed by atoms with E-state index in [9.17, 15) is 13.5 Å². The van der Waals surface area contributed by atoms with Crippen molar-refractivity contribution in [2.75, 3.05) is 12.4 Å². The van der Waals surface area contributed by atoms with Gasteiger partial charge >= 0.3 is 0 Å². The average Bonchev–Trinajstić information content (AvgIpc) is 3.72. The van der Waals surface area contributed by atoms with E-state index in [1.165, 1.54) is 17.4 Å². The smallest absolute Gasteiger partial charge is 0.228 e. The molecule has 0 unspecified atom stereocenters. The largest absolute Gasteiger partial charge is 0.480 e. The molecule has 0 atom stereocenters. The second-order valence-corrected chi connectivity index (χ2v) is 7.65. The molecule has 0 spiro atoms. The predicted molar refractivity (Wildman–Crippen MR) is 114 cm³/mol. The van der Waals surface area contributed by atoms with Crippen LogP contribution in [0.25, 0.3) is 22.2 Å². The van der Waals surface area contributed by atoms with Crippen LogP contribution in [0, 0.1) is 5.92 Å². The number of aldehydes is 1. The van der Waals surface area contributed by atoms with Gasteiger partial charge in [-0.3, -0.25) is 4.79 Å². The van der Waals surface area contributed by atoms with Crippen molar-refractivity contribution in [3.8, 4) is 22.9 Å². The highest BCUT2D eigenvalue weighted by atomic mass is 32.2. The number of pyridine rings is 1. The SMILES string of the molecule is COc1ncnc(OC2CC2)c1-c1cn(SF)c2nc(NC=O)ccc12.O=CC1CC1. The van der Waals surface area contributed by atoms with E-state index in [0.717, 1.165) is 32.0 Å². The Labute approximate surface area is 181 Å². The van der Waals surface area contributed by atoms with Crippen molar-refractivity contribution in [3.05, 3.63) is 24.7 Å². The van der Waals surface area contributed by atoms with Crippen molar-refractivity contribution >= 4 is 41.9 Å². The molecule has 11 heteroatoms. The van der Waals surface area contributed by atoms with E-state index < -0.39 is 0 Å². The molecular weight excluding hydrogens is 425 g/mol. The number of ether oxygens (including phenoxy) is 2. The average molecular weight is 445 g/mol. The van der Waals surface area contributed by atoms with Gasteiger partial charge in [-0.15, -0.1) is 3.89 Å². The summed E-state index contributed by atoms with van der Waals surface area (Å²) in [5.74, 6) is 1.49. The minimum atomic E-state index is 0.00175. The van der Waals surface area contributed by atoms with Gasteiger partial charge in [-0.1, -0.05) is 0 Å². The van der Waals surface area contributed by atoms with Crippen LogP contribution >= 0.6 is 12.3 Å². The van der Waals surface area contributed by atoms with Gasteiger partial charge in [0.05, 0.1) is 7.11 Å². The molecule has 162 valence electrons. The highest BCUT2D eigenvalue weighted by Crippen LogP contribution is 2.42. The molecule has 9 nitrogen and oxygen atoms in total. The Hall–Kier alpha value is -3.21. The van der Waals surface area contributed by atoms with Crippen LogP contribution in [0.5, 0.6) is 11.8 Å². The molecule has 0 aliphatic heterocycles. The Kier molecular flexibility index (Phi) is 6.31. The third-order valence-corrected chi connectivity index (χ3v) is 5.19. The number of fused-ring (bicyclic) bond motifs is 1. The van der Waals surface area contributed by atoms with Crippen molar-refractivity contribution in [1.29, 1.82) is 0 Å². The number of amides is 1.